The molecule has 0 N–H and O–H groups in total. The number of hydrogen-bond acceptors (Lipinski definition) is 5. The number of thiophene rings is 1. The lowest BCUT2D eigenvalue weighted by Gasteiger charge is -2.36. The first-order valence-corrected chi connectivity index (χ1v) is 12.4. The fraction of sp³-hybridized carbons (Fsp3) is 0.560. The average Bonchev–Trinajstić information content (AvgIpc) is 3.25. The van der Waals surface area contributed by atoms with Gasteiger partial charge in [-0.15, -0.1) is 11.3 Å². The molecule has 1 atom stereocenters. The van der Waals surface area contributed by atoms with E-state index in [2.05, 4.69) is 44.3 Å². The Morgan fingerprint density at radius 1 is 1.00 bits per heavy atom. The van der Waals surface area contributed by atoms with Crippen LogP contribution in [0, 0.1) is 11.3 Å². The number of likely N-dealkylation sites (tertiary alicyclic amines) is 1. The van der Waals surface area contributed by atoms with E-state index in [9.17, 15) is 4.79 Å². The van der Waals surface area contributed by atoms with Crippen molar-refractivity contribution in [3.05, 3.63) is 52.2 Å². The molecular formula is C25H33N3O2S. The smallest absolute Gasteiger partial charge is 0.226 e. The van der Waals surface area contributed by atoms with Crippen molar-refractivity contribution in [1.82, 2.24) is 14.7 Å². The van der Waals surface area contributed by atoms with E-state index in [1.807, 2.05) is 23.5 Å². The van der Waals surface area contributed by atoms with Crippen molar-refractivity contribution in [2.75, 3.05) is 46.4 Å². The molecule has 1 aliphatic carbocycles. The molecule has 2 saturated heterocycles. The van der Waals surface area contributed by atoms with Crippen LogP contribution in [0.2, 0.25) is 0 Å². The van der Waals surface area contributed by atoms with E-state index in [-0.39, 0.29) is 11.3 Å². The second-order valence-electron chi connectivity index (χ2n) is 9.39. The van der Waals surface area contributed by atoms with Crippen LogP contribution in [-0.4, -0.2) is 67.0 Å². The van der Waals surface area contributed by atoms with Crippen molar-refractivity contribution in [3.63, 3.8) is 0 Å². The average molecular weight is 440 g/mol. The Kier molecular flexibility index (Phi) is 6.04. The van der Waals surface area contributed by atoms with Gasteiger partial charge >= 0.3 is 0 Å². The molecule has 1 spiro atoms. The molecule has 1 aromatic carbocycles. The van der Waals surface area contributed by atoms with E-state index in [4.69, 9.17) is 4.74 Å². The van der Waals surface area contributed by atoms with Gasteiger partial charge in [0, 0.05) is 55.6 Å². The van der Waals surface area contributed by atoms with Gasteiger partial charge < -0.3 is 9.64 Å². The lowest BCUT2D eigenvalue weighted by Crippen LogP contribution is -2.49. The predicted octanol–water partition coefficient (Wildman–Crippen LogP) is 3.70. The molecule has 31 heavy (non-hydrogen) atoms. The Balaban J connectivity index is 1.09. The van der Waals surface area contributed by atoms with Crippen LogP contribution in [-0.2, 0) is 17.9 Å². The fourth-order valence-corrected chi connectivity index (χ4v) is 6.20. The van der Waals surface area contributed by atoms with E-state index >= 15 is 0 Å². The highest BCUT2D eigenvalue weighted by Gasteiger charge is 2.59. The number of rotatable bonds is 6. The van der Waals surface area contributed by atoms with Crippen LogP contribution in [0.15, 0.2) is 41.8 Å². The Labute approximate surface area is 189 Å². The number of nitrogens with zero attached hydrogens (tertiary/aromatic N) is 3. The Hall–Kier alpha value is -1.89. The van der Waals surface area contributed by atoms with Gasteiger partial charge in [0.15, 0.2) is 0 Å². The van der Waals surface area contributed by atoms with Gasteiger partial charge in [-0.25, -0.2) is 0 Å². The zero-order valence-electron chi connectivity index (χ0n) is 18.5. The van der Waals surface area contributed by atoms with E-state index in [1.165, 1.54) is 10.4 Å². The van der Waals surface area contributed by atoms with Gasteiger partial charge in [-0.2, -0.15) is 0 Å². The molecule has 2 aromatic rings. The number of methoxy groups -OCH3 is 1. The standard InChI is InChI=1S/C25H33N3O2S/c1-30-23-7-3-2-5-20(23)18-26-10-8-25(9-11-26)17-22(25)24(29)28-14-12-27(13-15-28)19-21-6-4-16-31-21/h2-7,16,22H,8-15,17-19H2,1H3. The van der Waals surface area contributed by atoms with Gasteiger partial charge in [-0.05, 0) is 55.3 Å². The number of carbonyl (C=O) groups is 1. The monoisotopic (exact) mass is 439 g/mol. The van der Waals surface area contributed by atoms with E-state index in [1.54, 1.807) is 7.11 Å². The minimum atomic E-state index is 0.268. The molecule has 5 rings (SSSR count). The minimum Gasteiger partial charge on any atom is -0.496 e. The van der Waals surface area contributed by atoms with Crippen molar-refractivity contribution in [3.8, 4) is 5.75 Å². The fourth-order valence-electron chi connectivity index (χ4n) is 5.45. The third-order valence-corrected chi connectivity index (χ3v) is 8.43. The van der Waals surface area contributed by atoms with Crippen LogP contribution in [0.1, 0.15) is 29.7 Å². The summed E-state index contributed by atoms with van der Waals surface area (Å²) in [5.74, 6) is 1.67. The number of para-hydroxylation sites is 1. The summed E-state index contributed by atoms with van der Waals surface area (Å²) in [7, 11) is 1.74. The molecule has 3 heterocycles. The lowest BCUT2D eigenvalue weighted by atomic mass is 9.90. The normalized spacial score (nSPS) is 23.8. The summed E-state index contributed by atoms with van der Waals surface area (Å²) < 4.78 is 5.51. The molecule has 1 unspecified atom stereocenters. The van der Waals surface area contributed by atoms with Gasteiger partial charge in [0.25, 0.3) is 0 Å². The van der Waals surface area contributed by atoms with Crippen LogP contribution in [0.5, 0.6) is 5.75 Å². The molecule has 1 amide bonds. The van der Waals surface area contributed by atoms with Crippen LogP contribution < -0.4 is 4.74 Å². The molecule has 2 aliphatic heterocycles. The number of benzene rings is 1. The molecule has 6 heteroatoms. The summed E-state index contributed by atoms with van der Waals surface area (Å²) in [6.45, 7) is 7.88. The highest BCUT2D eigenvalue weighted by atomic mass is 32.1. The second-order valence-corrected chi connectivity index (χ2v) is 10.4. The number of piperazine rings is 1. The zero-order chi connectivity index (χ0) is 21.3. The van der Waals surface area contributed by atoms with Gasteiger partial charge in [0.05, 0.1) is 7.11 Å². The van der Waals surface area contributed by atoms with Crippen LogP contribution >= 0.6 is 11.3 Å². The van der Waals surface area contributed by atoms with E-state index in [0.29, 0.717) is 5.91 Å². The van der Waals surface area contributed by atoms with Crippen molar-refractivity contribution in [1.29, 1.82) is 0 Å². The topological polar surface area (TPSA) is 36.0 Å². The number of piperidine rings is 1. The van der Waals surface area contributed by atoms with E-state index in [0.717, 1.165) is 77.4 Å². The third kappa shape index (κ3) is 4.52. The summed E-state index contributed by atoms with van der Waals surface area (Å²) in [6, 6.07) is 12.6. The number of hydrogen-bond donors (Lipinski definition) is 0. The molecule has 1 saturated carbocycles. The summed E-state index contributed by atoms with van der Waals surface area (Å²) in [6.07, 6.45) is 3.40. The largest absolute Gasteiger partial charge is 0.496 e. The number of carbonyl (C=O) groups excluding carboxylic acids is 1. The Morgan fingerprint density at radius 3 is 2.45 bits per heavy atom. The second kappa shape index (κ2) is 8.93. The lowest BCUT2D eigenvalue weighted by molar-refractivity contribution is -0.135. The quantitative estimate of drug-likeness (QED) is 0.688. The maximum absolute atomic E-state index is 13.2. The van der Waals surface area contributed by atoms with Gasteiger partial charge in [-0.1, -0.05) is 24.3 Å². The first-order chi connectivity index (χ1) is 15.2. The molecule has 1 aromatic heterocycles. The molecule has 3 fully saturated rings. The number of amides is 1. The minimum absolute atomic E-state index is 0.268. The van der Waals surface area contributed by atoms with Crippen molar-refractivity contribution in [2.45, 2.75) is 32.4 Å². The highest BCUT2D eigenvalue weighted by molar-refractivity contribution is 7.09. The van der Waals surface area contributed by atoms with Crippen LogP contribution in [0.4, 0.5) is 0 Å². The van der Waals surface area contributed by atoms with Crippen LogP contribution in [0.3, 0.4) is 0 Å². The molecule has 166 valence electrons. The first kappa shape index (κ1) is 21.0. The molecule has 0 bridgehead atoms. The first-order valence-electron chi connectivity index (χ1n) is 11.5. The maximum Gasteiger partial charge on any atom is 0.226 e. The van der Waals surface area contributed by atoms with E-state index < -0.39 is 0 Å². The SMILES string of the molecule is COc1ccccc1CN1CCC2(CC1)CC2C(=O)N1CCN(Cc2cccs2)CC1. The predicted molar refractivity (Wildman–Crippen MR) is 124 cm³/mol. The molecule has 5 nitrogen and oxygen atoms in total. The molecular weight excluding hydrogens is 406 g/mol. The molecule has 3 aliphatic rings. The summed E-state index contributed by atoms with van der Waals surface area (Å²) in [5.41, 5.74) is 1.53. The summed E-state index contributed by atoms with van der Waals surface area (Å²) in [4.78, 5) is 21.8. The Morgan fingerprint density at radius 2 is 1.74 bits per heavy atom. The summed E-state index contributed by atoms with van der Waals surface area (Å²) in [5, 5.41) is 2.14. The van der Waals surface area contributed by atoms with Crippen molar-refractivity contribution >= 4 is 17.2 Å². The summed E-state index contributed by atoms with van der Waals surface area (Å²) >= 11 is 1.82. The van der Waals surface area contributed by atoms with Gasteiger partial charge in [0.1, 0.15) is 5.75 Å². The number of ether oxygens (including phenoxy) is 1. The maximum atomic E-state index is 13.2. The van der Waals surface area contributed by atoms with Gasteiger partial charge in [0.2, 0.25) is 5.91 Å². The third-order valence-electron chi connectivity index (χ3n) is 7.57. The Bertz CT molecular complexity index is 884. The highest BCUT2D eigenvalue weighted by Crippen LogP contribution is 2.60. The van der Waals surface area contributed by atoms with Gasteiger partial charge in [-0.3, -0.25) is 14.6 Å². The zero-order valence-corrected chi connectivity index (χ0v) is 19.3. The van der Waals surface area contributed by atoms with Crippen molar-refractivity contribution < 1.29 is 9.53 Å². The molecule has 0 radical (unpaired) electrons. The van der Waals surface area contributed by atoms with Crippen molar-refractivity contribution in [2.24, 2.45) is 11.3 Å². The van der Waals surface area contributed by atoms with Crippen LogP contribution in [0.25, 0.3) is 0 Å².